The van der Waals surface area contributed by atoms with Crippen LogP contribution in [0, 0.1) is 5.41 Å². The quantitative estimate of drug-likeness (QED) is 0.808. The molecule has 1 aliphatic heterocycles. The maximum Gasteiger partial charge on any atom is 0.224 e. The van der Waals surface area contributed by atoms with Gasteiger partial charge < -0.3 is 11.5 Å². The minimum Gasteiger partial charge on any atom is -0.369 e. The van der Waals surface area contributed by atoms with Crippen LogP contribution >= 0.6 is 0 Å². The highest BCUT2D eigenvalue weighted by Crippen LogP contribution is 2.32. The summed E-state index contributed by atoms with van der Waals surface area (Å²) in [6.07, 6.45) is 0.458. The van der Waals surface area contributed by atoms with Gasteiger partial charge in [-0.3, -0.25) is 4.79 Å². The summed E-state index contributed by atoms with van der Waals surface area (Å²) in [5.74, 6) is -0.558. The monoisotopic (exact) mass is 311 g/mol. The van der Waals surface area contributed by atoms with Crippen LogP contribution in [0.25, 0.3) is 0 Å². The van der Waals surface area contributed by atoms with Crippen molar-refractivity contribution in [3.8, 4) is 0 Å². The summed E-state index contributed by atoms with van der Waals surface area (Å²) in [5.41, 5.74) is 11.7. The third-order valence-electron chi connectivity index (χ3n) is 4.10. The van der Waals surface area contributed by atoms with Crippen molar-refractivity contribution in [3.05, 3.63) is 35.4 Å². The smallest absolute Gasteiger partial charge is 0.224 e. The van der Waals surface area contributed by atoms with Gasteiger partial charge in [0.05, 0.1) is 11.2 Å². The minimum absolute atomic E-state index is 0.102. The number of hydrogen-bond donors (Lipinski definition) is 2. The molecule has 1 unspecified atom stereocenters. The van der Waals surface area contributed by atoms with Crippen molar-refractivity contribution >= 4 is 15.9 Å². The summed E-state index contributed by atoms with van der Waals surface area (Å²) in [6.45, 7) is 2.48. The standard InChI is InChI=1S/C14H21N3O3S/c1-14(13(16)18)6-7-17(10-14)21(19,20)9-12-5-3-2-4-11(12)8-15/h2-5H,6-10,15H2,1H3,(H2,16,18). The largest absolute Gasteiger partial charge is 0.369 e. The van der Waals surface area contributed by atoms with E-state index in [-0.39, 0.29) is 12.3 Å². The van der Waals surface area contributed by atoms with Crippen LogP contribution in [-0.4, -0.2) is 31.7 Å². The Labute approximate surface area is 125 Å². The van der Waals surface area contributed by atoms with Gasteiger partial charge in [-0.2, -0.15) is 0 Å². The molecule has 0 radical (unpaired) electrons. The van der Waals surface area contributed by atoms with Crippen molar-refractivity contribution in [3.63, 3.8) is 0 Å². The molecule has 1 aromatic carbocycles. The number of hydrogen-bond acceptors (Lipinski definition) is 4. The van der Waals surface area contributed by atoms with Gasteiger partial charge in [-0.15, -0.1) is 0 Å². The number of benzene rings is 1. The predicted molar refractivity (Wildman–Crippen MR) is 80.4 cm³/mol. The van der Waals surface area contributed by atoms with E-state index >= 15 is 0 Å². The average molecular weight is 311 g/mol. The van der Waals surface area contributed by atoms with Crippen molar-refractivity contribution in [2.24, 2.45) is 16.9 Å². The Balaban J connectivity index is 2.19. The molecular weight excluding hydrogens is 290 g/mol. The molecule has 0 spiro atoms. The van der Waals surface area contributed by atoms with Crippen LogP contribution in [-0.2, 0) is 27.1 Å². The first-order chi connectivity index (χ1) is 9.78. The first-order valence-electron chi connectivity index (χ1n) is 6.83. The highest BCUT2D eigenvalue weighted by molar-refractivity contribution is 7.88. The highest BCUT2D eigenvalue weighted by Gasteiger charge is 2.43. The first kappa shape index (κ1) is 15.9. The molecule has 1 heterocycles. The number of rotatable bonds is 5. The molecule has 1 aromatic rings. The first-order valence-corrected chi connectivity index (χ1v) is 8.44. The van der Waals surface area contributed by atoms with Crippen LogP contribution < -0.4 is 11.5 Å². The van der Waals surface area contributed by atoms with E-state index in [1.165, 1.54) is 4.31 Å². The molecule has 1 aliphatic rings. The van der Waals surface area contributed by atoms with Crippen molar-refractivity contribution in [2.75, 3.05) is 13.1 Å². The van der Waals surface area contributed by atoms with Crippen LogP contribution in [0.4, 0.5) is 0 Å². The third-order valence-corrected chi connectivity index (χ3v) is 5.88. The molecule has 1 amide bonds. The molecule has 7 heteroatoms. The van der Waals surface area contributed by atoms with Gasteiger partial charge in [-0.05, 0) is 24.5 Å². The molecule has 21 heavy (non-hydrogen) atoms. The molecular formula is C14H21N3O3S. The van der Waals surface area contributed by atoms with Crippen molar-refractivity contribution in [1.29, 1.82) is 0 Å². The zero-order valence-corrected chi connectivity index (χ0v) is 12.9. The summed E-state index contributed by atoms with van der Waals surface area (Å²) in [7, 11) is -3.48. The fourth-order valence-electron chi connectivity index (χ4n) is 2.54. The lowest BCUT2D eigenvalue weighted by atomic mass is 9.89. The van der Waals surface area contributed by atoms with Gasteiger partial charge in [0, 0.05) is 19.6 Å². The second-order valence-electron chi connectivity index (χ2n) is 5.74. The van der Waals surface area contributed by atoms with E-state index in [9.17, 15) is 13.2 Å². The zero-order chi connectivity index (χ0) is 15.7. The number of carbonyl (C=O) groups excluding carboxylic acids is 1. The van der Waals surface area contributed by atoms with Crippen LogP contribution in [0.15, 0.2) is 24.3 Å². The van der Waals surface area contributed by atoms with Crippen LogP contribution in [0.2, 0.25) is 0 Å². The minimum atomic E-state index is -3.48. The Morgan fingerprint density at radius 2 is 1.95 bits per heavy atom. The second-order valence-corrected chi connectivity index (χ2v) is 7.71. The summed E-state index contributed by atoms with van der Waals surface area (Å²) < 4.78 is 26.4. The number of amides is 1. The number of nitrogens with zero attached hydrogens (tertiary/aromatic N) is 1. The number of primary amides is 1. The Bertz CT molecular complexity index is 645. The van der Waals surface area contributed by atoms with Gasteiger partial charge in [0.1, 0.15) is 0 Å². The molecule has 116 valence electrons. The Kier molecular flexibility index (Phi) is 4.36. The van der Waals surface area contributed by atoms with E-state index < -0.39 is 21.3 Å². The van der Waals surface area contributed by atoms with E-state index in [1.807, 2.05) is 12.1 Å². The molecule has 1 atom stereocenters. The lowest BCUT2D eigenvalue weighted by Gasteiger charge is -2.21. The average Bonchev–Trinajstić information content (AvgIpc) is 2.84. The number of nitrogens with two attached hydrogens (primary N) is 2. The van der Waals surface area contributed by atoms with Crippen molar-refractivity contribution in [1.82, 2.24) is 4.31 Å². The normalized spacial score (nSPS) is 23.3. The van der Waals surface area contributed by atoms with E-state index in [0.29, 0.717) is 25.1 Å². The lowest BCUT2D eigenvalue weighted by Crippen LogP contribution is -2.39. The topological polar surface area (TPSA) is 106 Å². The predicted octanol–water partition coefficient (Wildman–Crippen LogP) is 0.172. The Morgan fingerprint density at radius 1 is 1.33 bits per heavy atom. The highest BCUT2D eigenvalue weighted by atomic mass is 32.2. The van der Waals surface area contributed by atoms with Crippen LogP contribution in [0.3, 0.4) is 0 Å². The molecule has 2 rings (SSSR count). The molecule has 1 fully saturated rings. The van der Waals surface area contributed by atoms with E-state index in [4.69, 9.17) is 11.5 Å². The Hall–Kier alpha value is -1.44. The van der Waals surface area contributed by atoms with Crippen LogP contribution in [0.5, 0.6) is 0 Å². The maximum absolute atomic E-state index is 12.5. The summed E-state index contributed by atoms with van der Waals surface area (Å²) in [5, 5.41) is 0. The van der Waals surface area contributed by atoms with Gasteiger partial charge in [0.15, 0.2) is 0 Å². The lowest BCUT2D eigenvalue weighted by molar-refractivity contribution is -0.126. The SMILES string of the molecule is CC1(C(N)=O)CCN(S(=O)(=O)Cc2ccccc2CN)C1. The van der Waals surface area contributed by atoms with Gasteiger partial charge in [-0.1, -0.05) is 24.3 Å². The van der Waals surface area contributed by atoms with Crippen molar-refractivity contribution < 1.29 is 13.2 Å². The number of carbonyl (C=O) groups is 1. The molecule has 0 aliphatic carbocycles. The molecule has 6 nitrogen and oxygen atoms in total. The third kappa shape index (κ3) is 3.25. The molecule has 1 saturated heterocycles. The fourth-order valence-corrected chi connectivity index (χ4v) is 4.25. The van der Waals surface area contributed by atoms with Crippen LogP contribution in [0.1, 0.15) is 24.5 Å². The van der Waals surface area contributed by atoms with Crippen molar-refractivity contribution in [2.45, 2.75) is 25.6 Å². The molecule has 0 saturated carbocycles. The Morgan fingerprint density at radius 3 is 2.48 bits per heavy atom. The summed E-state index contributed by atoms with van der Waals surface area (Å²) in [6, 6.07) is 7.21. The molecule has 0 bridgehead atoms. The van der Waals surface area contributed by atoms with E-state index in [2.05, 4.69) is 0 Å². The van der Waals surface area contributed by atoms with E-state index in [0.717, 1.165) is 5.56 Å². The van der Waals surface area contributed by atoms with Gasteiger partial charge in [-0.25, -0.2) is 12.7 Å². The molecule has 4 N–H and O–H groups in total. The number of sulfonamides is 1. The fraction of sp³-hybridized carbons (Fsp3) is 0.500. The van der Waals surface area contributed by atoms with Gasteiger partial charge >= 0.3 is 0 Å². The zero-order valence-electron chi connectivity index (χ0n) is 12.1. The second kappa shape index (κ2) is 5.75. The van der Waals surface area contributed by atoms with Gasteiger partial charge in [0.25, 0.3) is 0 Å². The van der Waals surface area contributed by atoms with E-state index in [1.54, 1.807) is 19.1 Å². The molecule has 0 aromatic heterocycles. The van der Waals surface area contributed by atoms with Gasteiger partial charge in [0.2, 0.25) is 15.9 Å². The summed E-state index contributed by atoms with van der Waals surface area (Å²) >= 11 is 0. The maximum atomic E-state index is 12.5. The summed E-state index contributed by atoms with van der Waals surface area (Å²) in [4.78, 5) is 11.4.